The Morgan fingerprint density at radius 2 is 1.71 bits per heavy atom. The molecular formula is C17H14N2O2. The molecule has 0 spiro atoms. The van der Waals surface area contributed by atoms with Crippen LogP contribution in [0.2, 0.25) is 0 Å². The van der Waals surface area contributed by atoms with Gasteiger partial charge in [0, 0.05) is 12.0 Å². The Balaban J connectivity index is 1.85. The number of carbonyl (C=O) groups is 2. The lowest BCUT2D eigenvalue weighted by Gasteiger charge is -2.11. The van der Waals surface area contributed by atoms with Crippen LogP contribution in [0.5, 0.6) is 0 Å². The predicted molar refractivity (Wildman–Crippen MR) is 77.7 cm³/mol. The third-order valence-corrected chi connectivity index (χ3v) is 3.44. The van der Waals surface area contributed by atoms with E-state index in [0.29, 0.717) is 16.3 Å². The van der Waals surface area contributed by atoms with Crippen LogP contribution in [-0.4, -0.2) is 17.7 Å². The van der Waals surface area contributed by atoms with E-state index in [-0.39, 0.29) is 18.1 Å². The van der Waals surface area contributed by atoms with Crippen molar-refractivity contribution in [3.63, 3.8) is 0 Å². The number of amides is 1. The minimum Gasteiger partial charge on any atom is -0.294 e. The zero-order chi connectivity index (χ0) is 14.8. The van der Waals surface area contributed by atoms with Crippen molar-refractivity contribution < 1.29 is 9.59 Å². The van der Waals surface area contributed by atoms with E-state index in [9.17, 15) is 9.59 Å². The summed E-state index contributed by atoms with van der Waals surface area (Å²) in [6.45, 7) is 1.96. The van der Waals surface area contributed by atoms with Gasteiger partial charge in [0.25, 0.3) is 5.91 Å². The molecule has 1 unspecified atom stereocenters. The van der Waals surface area contributed by atoms with Crippen molar-refractivity contribution in [2.24, 2.45) is 9.98 Å². The topological polar surface area (TPSA) is 58.9 Å². The molecule has 4 nitrogen and oxygen atoms in total. The van der Waals surface area contributed by atoms with Crippen LogP contribution < -0.4 is 10.7 Å². The summed E-state index contributed by atoms with van der Waals surface area (Å²) in [6, 6.07) is 13.8. The highest BCUT2D eigenvalue weighted by Gasteiger charge is 2.23. The van der Waals surface area contributed by atoms with Gasteiger partial charge in [-0.2, -0.15) is 0 Å². The summed E-state index contributed by atoms with van der Waals surface area (Å²) >= 11 is 0. The molecule has 3 rings (SSSR count). The fourth-order valence-corrected chi connectivity index (χ4v) is 2.25. The largest absolute Gasteiger partial charge is 0.294 e. The van der Waals surface area contributed by atoms with Gasteiger partial charge >= 0.3 is 0 Å². The number of para-hydroxylation sites is 2. The number of carbonyl (C=O) groups excluding carboxylic acids is 2. The maximum absolute atomic E-state index is 12.2. The zero-order valence-electron chi connectivity index (χ0n) is 11.6. The van der Waals surface area contributed by atoms with Crippen molar-refractivity contribution in [2.75, 3.05) is 0 Å². The van der Waals surface area contributed by atoms with Crippen LogP contribution in [0.1, 0.15) is 22.3 Å². The second-order valence-corrected chi connectivity index (χ2v) is 5.08. The quantitative estimate of drug-likeness (QED) is 0.797. The van der Waals surface area contributed by atoms with Gasteiger partial charge in [-0.15, -0.1) is 0 Å². The minimum atomic E-state index is -0.714. The van der Waals surface area contributed by atoms with Crippen molar-refractivity contribution in [2.45, 2.75) is 19.4 Å². The molecule has 0 saturated heterocycles. The molecule has 0 N–H and O–H groups in total. The predicted octanol–water partition coefficient (Wildman–Crippen LogP) is 1.42. The number of fused-ring (bicyclic) bond motifs is 1. The lowest BCUT2D eigenvalue weighted by atomic mass is 10.0. The monoisotopic (exact) mass is 278 g/mol. The molecule has 104 valence electrons. The standard InChI is InChI=1S/C17H14N2O2/c1-11-6-8-12(9-7-11)16(20)10-15-17(21)19-14-5-3-2-4-13(14)18-15/h2-9,15H,10H2,1H3. The van der Waals surface area contributed by atoms with Crippen LogP contribution in [0.3, 0.4) is 0 Å². The van der Waals surface area contributed by atoms with Crippen LogP contribution in [0.15, 0.2) is 58.5 Å². The van der Waals surface area contributed by atoms with E-state index in [2.05, 4.69) is 9.98 Å². The fraction of sp³-hybridized carbons (Fsp3) is 0.176. The van der Waals surface area contributed by atoms with E-state index in [4.69, 9.17) is 0 Å². The number of aryl methyl sites for hydroxylation is 1. The number of hydrogen-bond donors (Lipinski definition) is 0. The van der Waals surface area contributed by atoms with Crippen molar-refractivity contribution in [1.82, 2.24) is 0 Å². The molecule has 2 aromatic rings. The molecule has 0 saturated carbocycles. The minimum absolute atomic E-state index is 0.0553. The number of Topliss-reactive ketones (excluding diaryl/α,β-unsaturated/α-hetero) is 1. The van der Waals surface area contributed by atoms with E-state index in [1.165, 1.54) is 0 Å². The van der Waals surface area contributed by atoms with E-state index in [1.807, 2.05) is 31.2 Å². The number of rotatable bonds is 3. The molecule has 0 bridgehead atoms. The molecule has 1 heterocycles. The molecule has 21 heavy (non-hydrogen) atoms. The number of benzene rings is 2. The van der Waals surface area contributed by atoms with Gasteiger partial charge in [0.1, 0.15) is 6.04 Å². The van der Waals surface area contributed by atoms with Gasteiger partial charge in [-0.3, -0.25) is 14.6 Å². The van der Waals surface area contributed by atoms with E-state index < -0.39 is 6.04 Å². The van der Waals surface area contributed by atoms with Crippen LogP contribution in [-0.2, 0) is 4.79 Å². The summed E-state index contributed by atoms with van der Waals surface area (Å²) in [5.74, 6) is -0.444. The third-order valence-electron chi connectivity index (χ3n) is 3.44. The average Bonchev–Trinajstić information content (AvgIpc) is 2.48. The molecule has 1 atom stereocenters. The van der Waals surface area contributed by atoms with Gasteiger partial charge in [0.2, 0.25) is 0 Å². The van der Waals surface area contributed by atoms with Crippen LogP contribution in [0.25, 0.3) is 0 Å². The Kier molecular flexibility index (Phi) is 3.44. The van der Waals surface area contributed by atoms with Gasteiger partial charge in [0.15, 0.2) is 5.78 Å². The van der Waals surface area contributed by atoms with Gasteiger partial charge < -0.3 is 0 Å². The van der Waals surface area contributed by atoms with Gasteiger partial charge in [0.05, 0.1) is 10.7 Å². The summed E-state index contributed by atoms with van der Waals surface area (Å²) in [5, 5.41) is 1.24. The van der Waals surface area contributed by atoms with E-state index in [0.717, 1.165) is 5.56 Å². The fourth-order valence-electron chi connectivity index (χ4n) is 2.25. The maximum Gasteiger partial charge on any atom is 0.271 e. The highest BCUT2D eigenvalue weighted by Crippen LogP contribution is 2.11. The van der Waals surface area contributed by atoms with Crippen molar-refractivity contribution in [3.8, 4) is 0 Å². The Labute approximate surface area is 121 Å². The second-order valence-electron chi connectivity index (χ2n) is 5.08. The van der Waals surface area contributed by atoms with Gasteiger partial charge in [-0.05, 0) is 19.1 Å². The number of nitrogens with zero attached hydrogens (tertiary/aromatic N) is 2. The van der Waals surface area contributed by atoms with Crippen molar-refractivity contribution >= 4 is 11.7 Å². The van der Waals surface area contributed by atoms with E-state index >= 15 is 0 Å². The first-order chi connectivity index (χ1) is 10.1. The molecular weight excluding hydrogens is 264 g/mol. The Morgan fingerprint density at radius 1 is 1.05 bits per heavy atom. The maximum atomic E-state index is 12.2. The smallest absolute Gasteiger partial charge is 0.271 e. The van der Waals surface area contributed by atoms with E-state index in [1.54, 1.807) is 24.3 Å². The summed E-state index contributed by atoms with van der Waals surface area (Å²) < 4.78 is 0. The SMILES string of the molecule is Cc1ccc(C(=O)CC2N=c3ccccc3=NC2=O)cc1. The average molecular weight is 278 g/mol. The van der Waals surface area contributed by atoms with Crippen molar-refractivity contribution in [3.05, 3.63) is 70.4 Å². The Hall–Kier alpha value is -2.62. The summed E-state index contributed by atoms with van der Waals surface area (Å²) in [5.41, 5.74) is 1.69. The highest BCUT2D eigenvalue weighted by atomic mass is 16.2. The lowest BCUT2D eigenvalue weighted by molar-refractivity contribution is -0.119. The first kappa shape index (κ1) is 13.4. The first-order valence-corrected chi connectivity index (χ1v) is 6.79. The molecule has 1 aliphatic heterocycles. The normalized spacial score (nSPS) is 16.6. The highest BCUT2D eigenvalue weighted by molar-refractivity contribution is 5.99. The van der Waals surface area contributed by atoms with Crippen molar-refractivity contribution in [1.29, 1.82) is 0 Å². The molecule has 0 fully saturated rings. The molecule has 0 aliphatic carbocycles. The number of hydrogen-bond acceptors (Lipinski definition) is 3. The summed E-state index contributed by atoms with van der Waals surface area (Å²) in [4.78, 5) is 32.5. The molecule has 0 radical (unpaired) electrons. The molecule has 4 heteroatoms. The van der Waals surface area contributed by atoms with Crippen LogP contribution in [0.4, 0.5) is 0 Å². The molecule has 0 aromatic heterocycles. The molecule has 1 amide bonds. The first-order valence-electron chi connectivity index (χ1n) is 6.79. The molecule has 1 aliphatic rings. The zero-order valence-corrected chi connectivity index (χ0v) is 11.6. The molecule has 2 aromatic carbocycles. The number of ketones is 1. The van der Waals surface area contributed by atoms with Gasteiger partial charge in [-0.1, -0.05) is 42.0 Å². The Bertz CT molecular complexity index is 823. The van der Waals surface area contributed by atoms with Crippen LogP contribution >= 0.6 is 0 Å². The van der Waals surface area contributed by atoms with Crippen LogP contribution in [0, 0.1) is 6.92 Å². The summed E-state index contributed by atoms with van der Waals surface area (Å²) in [6.07, 6.45) is 0.0553. The Morgan fingerprint density at radius 3 is 2.43 bits per heavy atom. The lowest BCUT2D eigenvalue weighted by Crippen LogP contribution is -2.37. The van der Waals surface area contributed by atoms with Gasteiger partial charge in [-0.25, -0.2) is 4.99 Å². The second kappa shape index (κ2) is 5.40. The summed E-state index contributed by atoms with van der Waals surface area (Å²) in [7, 11) is 0. The third kappa shape index (κ3) is 2.79.